The number of nitrogens with one attached hydrogen (secondary N) is 1. The molecule has 0 spiro atoms. The molecule has 1 saturated heterocycles. The van der Waals surface area contributed by atoms with Crippen molar-refractivity contribution in [2.24, 2.45) is 0 Å². The smallest absolute Gasteiger partial charge is 0.228 e. The molecule has 1 rings (SSSR count). The minimum atomic E-state index is -1.99. The Hall–Kier alpha value is -0.350. The zero-order valence-corrected chi connectivity index (χ0v) is 5.16. The highest BCUT2D eigenvalue weighted by atomic mass is 32.2. The predicted molar refractivity (Wildman–Crippen MR) is 31.2 cm³/mol. The Morgan fingerprint density at radius 2 is 2.25 bits per heavy atom. The van der Waals surface area contributed by atoms with E-state index >= 15 is 0 Å². The summed E-state index contributed by atoms with van der Waals surface area (Å²) in [6.45, 7) is 0.809. The van der Waals surface area contributed by atoms with Gasteiger partial charge in [-0.1, -0.05) is 0 Å². The summed E-state index contributed by atoms with van der Waals surface area (Å²) in [6.07, 6.45) is 1.64. The number of hydrogen-bond donors (Lipinski definition) is 1. The van der Waals surface area contributed by atoms with Crippen molar-refractivity contribution in [2.45, 2.75) is 12.8 Å². The van der Waals surface area contributed by atoms with Gasteiger partial charge in [0.25, 0.3) is 0 Å². The fourth-order valence-corrected chi connectivity index (χ4v) is 1.24. The summed E-state index contributed by atoms with van der Waals surface area (Å²) in [7, 11) is -1.99. The van der Waals surface area contributed by atoms with Gasteiger partial charge in [0, 0.05) is 6.54 Å². The molecule has 0 radical (unpaired) electrons. The zero-order chi connectivity index (χ0) is 5.98. The minimum absolute atomic E-state index is 0.463. The first-order chi connectivity index (χ1) is 3.80. The van der Waals surface area contributed by atoms with E-state index in [2.05, 4.69) is 5.32 Å². The third-order valence-corrected chi connectivity index (χ3v) is 1.85. The van der Waals surface area contributed by atoms with Crippen LogP contribution in [0.4, 0.5) is 0 Å². The standard InChI is InChI=1S/C4H7NO2S/c6-8(7)4-2-1-3-5-4/h5H,1-3H2. The normalized spacial score (nSPS) is 19.2. The van der Waals surface area contributed by atoms with Crippen molar-refractivity contribution < 1.29 is 8.42 Å². The lowest BCUT2D eigenvalue weighted by atomic mass is 10.4. The van der Waals surface area contributed by atoms with Gasteiger partial charge in [-0.3, -0.25) is 5.32 Å². The first-order valence-electron chi connectivity index (χ1n) is 2.49. The molecule has 0 aromatic rings. The average Bonchev–Trinajstić information content (AvgIpc) is 2.12. The fraction of sp³-hybridized carbons (Fsp3) is 0.750. The highest BCUT2D eigenvalue weighted by Gasteiger charge is 2.06. The summed E-state index contributed by atoms with van der Waals surface area (Å²) in [4.78, 5) is 0.463. The molecule has 1 N–H and O–H groups in total. The monoisotopic (exact) mass is 133 g/mol. The van der Waals surface area contributed by atoms with E-state index in [0.29, 0.717) is 11.4 Å². The number of rotatable bonds is 0. The molecule has 0 saturated carbocycles. The minimum Gasteiger partial charge on any atom is -0.279 e. The van der Waals surface area contributed by atoms with Crippen molar-refractivity contribution >= 4 is 15.3 Å². The summed E-state index contributed by atoms with van der Waals surface area (Å²) in [5, 5.41) is 2.76. The molecule has 1 heterocycles. The molecule has 0 aromatic carbocycles. The highest BCUT2D eigenvalue weighted by molar-refractivity contribution is 7.72. The summed E-state index contributed by atoms with van der Waals surface area (Å²) in [5.41, 5.74) is 0. The highest BCUT2D eigenvalue weighted by Crippen LogP contribution is 1.95. The van der Waals surface area contributed by atoms with Crippen LogP contribution in [0, 0.1) is 0 Å². The fourth-order valence-electron chi connectivity index (χ4n) is 0.707. The van der Waals surface area contributed by atoms with Gasteiger partial charge in [0.05, 0.1) is 0 Å². The average molecular weight is 133 g/mol. The third-order valence-electron chi connectivity index (χ3n) is 1.10. The Bertz CT molecular complexity index is 188. The Kier molecular flexibility index (Phi) is 1.65. The first kappa shape index (κ1) is 5.78. The maximum atomic E-state index is 10.1. The molecule has 8 heavy (non-hydrogen) atoms. The van der Waals surface area contributed by atoms with E-state index in [1.54, 1.807) is 0 Å². The van der Waals surface area contributed by atoms with Crippen LogP contribution in [0.5, 0.6) is 0 Å². The molecule has 0 amide bonds. The van der Waals surface area contributed by atoms with Gasteiger partial charge in [0.2, 0.25) is 10.3 Å². The topological polar surface area (TPSA) is 46.2 Å². The summed E-state index contributed by atoms with van der Waals surface area (Å²) >= 11 is 0. The quantitative estimate of drug-likeness (QED) is 0.448. The molecule has 0 bridgehead atoms. The van der Waals surface area contributed by atoms with E-state index in [1.165, 1.54) is 0 Å². The predicted octanol–water partition coefficient (Wildman–Crippen LogP) is -0.621. The van der Waals surface area contributed by atoms with E-state index in [4.69, 9.17) is 0 Å². The van der Waals surface area contributed by atoms with Crippen LogP contribution in [-0.4, -0.2) is 20.0 Å². The molecule has 4 heteroatoms. The largest absolute Gasteiger partial charge is 0.279 e. The van der Waals surface area contributed by atoms with Crippen LogP contribution in [0.25, 0.3) is 0 Å². The Morgan fingerprint density at radius 3 is 2.50 bits per heavy atom. The van der Waals surface area contributed by atoms with Crippen molar-refractivity contribution in [3.8, 4) is 0 Å². The molecule has 46 valence electrons. The lowest BCUT2D eigenvalue weighted by Crippen LogP contribution is -2.14. The van der Waals surface area contributed by atoms with Crippen molar-refractivity contribution in [3.05, 3.63) is 0 Å². The van der Waals surface area contributed by atoms with Crippen molar-refractivity contribution in [2.75, 3.05) is 6.54 Å². The SMILES string of the molecule is O=S(=O)=C1CCCN1. The van der Waals surface area contributed by atoms with Gasteiger partial charge >= 0.3 is 0 Å². The first-order valence-corrected chi connectivity index (χ1v) is 3.57. The van der Waals surface area contributed by atoms with Crippen LogP contribution in [0.2, 0.25) is 0 Å². The summed E-state index contributed by atoms with van der Waals surface area (Å²) < 4.78 is 20.2. The van der Waals surface area contributed by atoms with E-state index < -0.39 is 10.3 Å². The van der Waals surface area contributed by atoms with Gasteiger partial charge in [0.15, 0.2) is 0 Å². The van der Waals surface area contributed by atoms with Crippen LogP contribution < -0.4 is 5.32 Å². The molecular formula is C4H7NO2S. The molecule has 0 unspecified atom stereocenters. The van der Waals surface area contributed by atoms with Crippen LogP contribution in [0.3, 0.4) is 0 Å². The Morgan fingerprint density at radius 1 is 1.50 bits per heavy atom. The van der Waals surface area contributed by atoms with E-state index in [9.17, 15) is 8.42 Å². The molecular weight excluding hydrogens is 126 g/mol. The molecule has 1 aliphatic heterocycles. The second kappa shape index (κ2) is 2.28. The maximum absolute atomic E-state index is 10.1. The van der Waals surface area contributed by atoms with Crippen molar-refractivity contribution in [1.29, 1.82) is 0 Å². The van der Waals surface area contributed by atoms with Gasteiger partial charge in [-0.2, -0.15) is 8.42 Å². The van der Waals surface area contributed by atoms with Gasteiger partial charge in [-0.05, 0) is 12.8 Å². The summed E-state index contributed by atoms with van der Waals surface area (Å²) in [5.74, 6) is 0. The van der Waals surface area contributed by atoms with Crippen LogP contribution in [0.1, 0.15) is 12.8 Å². The van der Waals surface area contributed by atoms with Gasteiger partial charge < -0.3 is 0 Å². The second-order valence-electron chi connectivity index (χ2n) is 1.69. The zero-order valence-electron chi connectivity index (χ0n) is 4.35. The van der Waals surface area contributed by atoms with Crippen molar-refractivity contribution in [1.82, 2.24) is 5.32 Å². The molecule has 1 aliphatic rings. The van der Waals surface area contributed by atoms with E-state index in [1.807, 2.05) is 0 Å². The van der Waals surface area contributed by atoms with Crippen molar-refractivity contribution in [3.63, 3.8) is 0 Å². The lowest BCUT2D eigenvalue weighted by Gasteiger charge is -1.81. The molecule has 0 aromatic heterocycles. The molecule has 0 atom stereocenters. The summed E-state index contributed by atoms with van der Waals surface area (Å²) in [6, 6.07) is 0. The molecule has 3 nitrogen and oxygen atoms in total. The van der Waals surface area contributed by atoms with Gasteiger partial charge in [0.1, 0.15) is 4.99 Å². The molecule has 0 aliphatic carbocycles. The number of hydrogen-bond acceptors (Lipinski definition) is 2. The van der Waals surface area contributed by atoms with E-state index in [0.717, 1.165) is 13.0 Å². The van der Waals surface area contributed by atoms with Crippen LogP contribution in [-0.2, 0) is 10.3 Å². The van der Waals surface area contributed by atoms with Crippen LogP contribution in [0.15, 0.2) is 0 Å². The Labute approximate surface area is 49.2 Å². The maximum Gasteiger partial charge on any atom is 0.228 e. The van der Waals surface area contributed by atoms with Gasteiger partial charge in [-0.25, -0.2) is 0 Å². The lowest BCUT2D eigenvalue weighted by molar-refractivity contribution is 0.626. The van der Waals surface area contributed by atoms with Gasteiger partial charge in [-0.15, -0.1) is 0 Å². The Balaban J connectivity index is 2.88. The molecule has 1 fully saturated rings. The second-order valence-corrected chi connectivity index (χ2v) is 2.65. The van der Waals surface area contributed by atoms with Crippen LogP contribution >= 0.6 is 0 Å². The third kappa shape index (κ3) is 1.08. The van der Waals surface area contributed by atoms with E-state index in [-0.39, 0.29) is 0 Å².